The lowest BCUT2D eigenvalue weighted by molar-refractivity contribution is 0.0697. The van der Waals surface area contributed by atoms with Crippen LogP contribution in [0.2, 0.25) is 5.02 Å². The van der Waals surface area contributed by atoms with Gasteiger partial charge in [0.1, 0.15) is 5.75 Å². The Morgan fingerprint density at radius 1 is 1.15 bits per heavy atom. The van der Waals surface area contributed by atoms with E-state index in [9.17, 15) is 4.79 Å². The Labute approximate surface area is 121 Å². The van der Waals surface area contributed by atoms with Crippen LogP contribution < -0.4 is 4.74 Å². The van der Waals surface area contributed by atoms with Crippen molar-refractivity contribution in [2.75, 3.05) is 0 Å². The molecule has 0 spiro atoms. The zero-order chi connectivity index (χ0) is 14.1. The van der Waals surface area contributed by atoms with Crippen molar-refractivity contribution in [1.82, 2.24) is 0 Å². The summed E-state index contributed by atoms with van der Waals surface area (Å²) in [4.78, 5) is 10.9. The largest absolute Gasteiger partial charge is 0.490 e. The Kier molecular flexibility index (Phi) is 3.36. The van der Waals surface area contributed by atoms with Crippen LogP contribution in [-0.4, -0.2) is 17.2 Å². The fourth-order valence-corrected chi connectivity index (χ4v) is 2.26. The fourth-order valence-electron chi connectivity index (χ4n) is 1.97. The summed E-state index contributed by atoms with van der Waals surface area (Å²) in [6, 6.07) is 12.4. The third-order valence-corrected chi connectivity index (χ3v) is 3.52. The quantitative estimate of drug-likeness (QED) is 0.915. The number of hydrogen-bond donors (Lipinski definition) is 1. The van der Waals surface area contributed by atoms with E-state index < -0.39 is 5.97 Å². The summed E-state index contributed by atoms with van der Waals surface area (Å²) in [5, 5.41) is 9.35. The number of carboxylic acid groups (broad SMARTS) is 1. The van der Waals surface area contributed by atoms with Gasteiger partial charge in [0, 0.05) is 10.6 Å². The average molecular weight is 289 g/mol. The van der Waals surface area contributed by atoms with Crippen LogP contribution in [0.5, 0.6) is 5.75 Å². The van der Waals surface area contributed by atoms with Crippen molar-refractivity contribution in [2.24, 2.45) is 0 Å². The van der Waals surface area contributed by atoms with Crippen molar-refractivity contribution >= 4 is 17.6 Å². The van der Waals surface area contributed by atoms with Gasteiger partial charge in [-0.3, -0.25) is 0 Å². The summed E-state index contributed by atoms with van der Waals surface area (Å²) in [5.74, 6) is -0.124. The second-order valence-corrected chi connectivity index (χ2v) is 5.25. The minimum atomic E-state index is -0.980. The second kappa shape index (κ2) is 5.17. The summed E-state index contributed by atoms with van der Waals surface area (Å²) in [7, 11) is 0. The molecule has 0 amide bonds. The number of aromatic carboxylic acids is 1. The molecule has 0 atom stereocenters. The molecule has 0 heterocycles. The molecule has 0 aromatic heterocycles. The number of ether oxygens (including phenoxy) is 1. The maximum Gasteiger partial charge on any atom is 0.335 e. The summed E-state index contributed by atoms with van der Waals surface area (Å²) < 4.78 is 5.69. The molecule has 3 rings (SSSR count). The Balaban J connectivity index is 1.86. The van der Waals surface area contributed by atoms with Crippen LogP contribution >= 0.6 is 11.6 Å². The Bertz CT molecular complexity index is 645. The molecule has 0 bridgehead atoms. The normalized spacial score (nSPS) is 14.1. The first-order valence-electron chi connectivity index (χ1n) is 6.43. The van der Waals surface area contributed by atoms with Gasteiger partial charge < -0.3 is 9.84 Å². The van der Waals surface area contributed by atoms with E-state index in [-0.39, 0.29) is 5.56 Å². The van der Waals surface area contributed by atoms with Crippen LogP contribution in [0.1, 0.15) is 23.2 Å². The molecular formula is C16H13ClO3. The molecule has 3 nitrogen and oxygen atoms in total. The highest BCUT2D eigenvalue weighted by molar-refractivity contribution is 6.33. The first-order valence-corrected chi connectivity index (χ1v) is 6.81. The summed E-state index contributed by atoms with van der Waals surface area (Å²) >= 11 is 6.15. The number of carboxylic acids is 1. The molecule has 1 saturated carbocycles. The van der Waals surface area contributed by atoms with Crippen molar-refractivity contribution in [1.29, 1.82) is 0 Å². The molecule has 2 aromatic rings. The van der Waals surface area contributed by atoms with Gasteiger partial charge in [-0.05, 0) is 42.7 Å². The van der Waals surface area contributed by atoms with Gasteiger partial charge in [0.25, 0.3) is 0 Å². The van der Waals surface area contributed by atoms with E-state index >= 15 is 0 Å². The van der Waals surface area contributed by atoms with Crippen LogP contribution in [0, 0.1) is 0 Å². The van der Waals surface area contributed by atoms with Crippen LogP contribution in [-0.2, 0) is 0 Å². The van der Waals surface area contributed by atoms with Gasteiger partial charge in [0.2, 0.25) is 0 Å². The predicted molar refractivity (Wildman–Crippen MR) is 77.5 cm³/mol. The van der Waals surface area contributed by atoms with Gasteiger partial charge in [0.15, 0.2) is 0 Å². The molecular weight excluding hydrogens is 276 g/mol. The van der Waals surface area contributed by atoms with Crippen molar-refractivity contribution in [2.45, 2.75) is 18.9 Å². The topological polar surface area (TPSA) is 46.5 Å². The average Bonchev–Trinajstić information content (AvgIpc) is 3.24. The monoisotopic (exact) mass is 288 g/mol. The number of benzene rings is 2. The summed E-state index contributed by atoms with van der Waals surface area (Å²) in [6.07, 6.45) is 2.63. The van der Waals surface area contributed by atoms with E-state index in [4.69, 9.17) is 21.4 Å². The van der Waals surface area contributed by atoms with Crippen LogP contribution in [0.15, 0.2) is 42.5 Å². The van der Waals surface area contributed by atoms with Gasteiger partial charge in [-0.15, -0.1) is 0 Å². The van der Waals surface area contributed by atoms with Crippen molar-refractivity contribution < 1.29 is 14.6 Å². The zero-order valence-corrected chi connectivity index (χ0v) is 11.4. The first-order chi connectivity index (χ1) is 9.63. The fraction of sp³-hybridized carbons (Fsp3) is 0.188. The lowest BCUT2D eigenvalue weighted by atomic mass is 10.0. The summed E-state index contributed by atoms with van der Waals surface area (Å²) in [5.41, 5.74) is 1.94. The van der Waals surface area contributed by atoms with E-state index in [2.05, 4.69) is 0 Å². The third-order valence-electron chi connectivity index (χ3n) is 3.21. The molecule has 4 heteroatoms. The maximum absolute atomic E-state index is 10.9. The Morgan fingerprint density at radius 2 is 1.85 bits per heavy atom. The Morgan fingerprint density at radius 3 is 2.40 bits per heavy atom. The lowest BCUT2D eigenvalue weighted by Crippen LogP contribution is -1.96. The van der Waals surface area contributed by atoms with Crippen LogP contribution in [0.3, 0.4) is 0 Å². The number of halogens is 1. The van der Waals surface area contributed by atoms with Crippen LogP contribution in [0.25, 0.3) is 11.1 Å². The molecule has 1 fully saturated rings. The lowest BCUT2D eigenvalue weighted by Gasteiger charge is -2.08. The van der Waals surface area contributed by atoms with Gasteiger partial charge in [-0.1, -0.05) is 29.8 Å². The first kappa shape index (κ1) is 13.0. The smallest absolute Gasteiger partial charge is 0.335 e. The Hall–Kier alpha value is -2.00. The van der Waals surface area contributed by atoms with E-state index in [1.807, 2.05) is 24.3 Å². The van der Waals surface area contributed by atoms with Gasteiger partial charge >= 0.3 is 5.97 Å². The molecule has 0 radical (unpaired) electrons. The molecule has 1 N–H and O–H groups in total. The van der Waals surface area contributed by atoms with Crippen molar-refractivity contribution in [3.63, 3.8) is 0 Å². The second-order valence-electron chi connectivity index (χ2n) is 4.84. The number of rotatable bonds is 4. The van der Waals surface area contributed by atoms with Crippen molar-refractivity contribution in [3.8, 4) is 16.9 Å². The molecule has 0 unspecified atom stereocenters. The van der Waals surface area contributed by atoms with Gasteiger partial charge in [-0.2, -0.15) is 0 Å². The van der Waals surface area contributed by atoms with Gasteiger partial charge in [0.05, 0.1) is 11.7 Å². The molecule has 0 aliphatic heterocycles. The zero-order valence-electron chi connectivity index (χ0n) is 10.7. The molecule has 0 saturated heterocycles. The third kappa shape index (κ3) is 2.78. The standard InChI is InChI=1S/C16H13ClO3/c17-15-9-11(16(18)19)3-8-14(15)10-1-4-12(5-2-10)20-13-6-7-13/h1-5,8-9,13H,6-7H2,(H,18,19). The molecule has 1 aliphatic carbocycles. The SMILES string of the molecule is O=C(O)c1ccc(-c2ccc(OC3CC3)cc2)c(Cl)c1. The van der Waals surface area contributed by atoms with Gasteiger partial charge in [-0.25, -0.2) is 4.79 Å². The predicted octanol–water partition coefficient (Wildman–Crippen LogP) is 4.25. The maximum atomic E-state index is 10.9. The molecule has 20 heavy (non-hydrogen) atoms. The number of carbonyl (C=O) groups is 1. The molecule has 102 valence electrons. The summed E-state index contributed by atoms with van der Waals surface area (Å²) in [6.45, 7) is 0. The highest BCUT2D eigenvalue weighted by Crippen LogP contribution is 2.32. The molecule has 2 aromatic carbocycles. The van der Waals surface area contributed by atoms with Crippen LogP contribution in [0.4, 0.5) is 0 Å². The highest BCUT2D eigenvalue weighted by Gasteiger charge is 2.23. The molecule has 1 aliphatic rings. The van der Waals surface area contributed by atoms with E-state index in [1.165, 1.54) is 6.07 Å². The van der Waals surface area contributed by atoms with E-state index in [1.54, 1.807) is 12.1 Å². The van der Waals surface area contributed by atoms with E-state index in [0.717, 1.165) is 29.7 Å². The van der Waals surface area contributed by atoms with E-state index in [0.29, 0.717) is 11.1 Å². The number of hydrogen-bond acceptors (Lipinski definition) is 2. The van der Waals surface area contributed by atoms with Crippen molar-refractivity contribution in [3.05, 3.63) is 53.1 Å². The minimum Gasteiger partial charge on any atom is -0.490 e. The minimum absolute atomic E-state index is 0.187. The highest BCUT2D eigenvalue weighted by atomic mass is 35.5.